The monoisotopic (exact) mass is 187 g/mol. The van der Waals surface area contributed by atoms with Gasteiger partial charge < -0.3 is 22.0 Å². The van der Waals surface area contributed by atoms with Gasteiger partial charge in [0.25, 0.3) is 0 Å². The molecule has 0 aliphatic carbocycles. The zero-order chi connectivity index (χ0) is 7.49. The van der Waals surface area contributed by atoms with Crippen molar-refractivity contribution in [1.29, 1.82) is 0 Å². The molecule has 0 rings (SSSR count). The number of aliphatic hydroxyl groups excluding tert-OH is 1. The quantitative estimate of drug-likeness (QED) is 0.388. The molecule has 0 heterocycles. The highest BCUT2D eigenvalue weighted by Crippen LogP contribution is 2.00. The van der Waals surface area contributed by atoms with Crippen molar-refractivity contribution < 1.29 is 22.0 Å². The Morgan fingerprint density at radius 2 is 1.80 bits per heavy atom. The van der Waals surface area contributed by atoms with Crippen molar-refractivity contribution in [1.82, 2.24) is 0 Å². The highest BCUT2D eigenvalue weighted by molar-refractivity contribution is 6.19. The topological polar surface area (TPSA) is 20.2 Å². The Morgan fingerprint density at radius 3 is 1.90 bits per heavy atom. The highest BCUT2D eigenvalue weighted by atomic mass is 35.5. The maximum absolute atomic E-state index is 8.67. The van der Waals surface area contributed by atoms with Gasteiger partial charge in [-0.2, -0.15) is 0 Å². The van der Waals surface area contributed by atoms with Crippen LogP contribution in [0.15, 0.2) is 0 Å². The Bertz CT molecular complexity index is 80.3. The fourth-order valence-corrected chi connectivity index (χ4v) is 0.591. The summed E-state index contributed by atoms with van der Waals surface area (Å²) in [6, 6.07) is 0. The van der Waals surface area contributed by atoms with Crippen LogP contribution in [0.25, 0.3) is 0 Å². The molecule has 0 amide bonds. The first-order valence-electron chi connectivity index (χ1n) is 3.04. The molecule has 0 bridgehead atoms. The number of halogens is 2. The van der Waals surface area contributed by atoms with Gasteiger partial charge in [-0.1, -0.05) is 11.6 Å². The molecule has 1 atom stereocenters. The normalized spacial score (nSPS) is 14.1. The average Bonchev–Trinajstić information content (AvgIpc) is 1.59. The molecule has 0 aliphatic rings. The van der Waals surface area contributed by atoms with Crippen LogP contribution in [0, 0.1) is 0 Å². The Hall–Kier alpha value is 0.500. The van der Waals surface area contributed by atoms with E-state index in [0.717, 1.165) is 11.0 Å². The van der Waals surface area contributed by atoms with Crippen molar-refractivity contribution in [3.63, 3.8) is 0 Å². The summed E-state index contributed by atoms with van der Waals surface area (Å²) in [5.74, 6) is 0. The first-order chi connectivity index (χ1) is 3.92. The summed E-state index contributed by atoms with van der Waals surface area (Å²) in [5.41, 5.74) is -0.678. The summed E-state index contributed by atoms with van der Waals surface area (Å²) in [6.45, 7) is 0.907. The van der Waals surface area contributed by atoms with Crippen LogP contribution in [0.3, 0.4) is 0 Å². The van der Waals surface area contributed by atoms with Crippen LogP contribution in [0.4, 0.5) is 0 Å². The third kappa shape index (κ3) is 11.3. The maximum Gasteiger partial charge on any atom is 0.133 e. The molecule has 0 radical (unpaired) electrons. The molecular weight excluding hydrogens is 173 g/mol. The lowest BCUT2D eigenvalue weighted by atomic mass is 10.4. The molecule has 1 N–H and O–H groups in total. The van der Waals surface area contributed by atoms with E-state index in [2.05, 4.69) is 21.1 Å². The van der Waals surface area contributed by atoms with E-state index in [-0.39, 0.29) is 12.4 Å². The number of hydrogen-bond donors (Lipinski definition) is 1. The van der Waals surface area contributed by atoms with Gasteiger partial charge in [0.1, 0.15) is 5.56 Å². The van der Waals surface area contributed by atoms with Crippen molar-refractivity contribution in [2.24, 2.45) is 0 Å². The second kappa shape index (κ2) is 5.19. The Morgan fingerprint density at radius 1 is 1.40 bits per heavy atom. The minimum atomic E-state index is -0.678. The van der Waals surface area contributed by atoms with Gasteiger partial charge >= 0.3 is 0 Å². The molecular formula is C6H15Cl2NO. The zero-order valence-electron chi connectivity index (χ0n) is 6.64. The van der Waals surface area contributed by atoms with Crippen LogP contribution < -0.4 is 12.4 Å². The van der Waals surface area contributed by atoms with Crippen LogP contribution in [-0.2, 0) is 0 Å². The molecule has 0 aliphatic heterocycles. The second-order valence-electron chi connectivity index (χ2n) is 3.24. The average molecular weight is 188 g/mol. The summed E-state index contributed by atoms with van der Waals surface area (Å²) < 4.78 is 0.851. The Labute approximate surface area is 73.8 Å². The number of alkyl halides is 1. The van der Waals surface area contributed by atoms with E-state index in [1.54, 1.807) is 0 Å². The highest BCUT2D eigenvalue weighted by Gasteiger charge is 2.08. The molecule has 0 fully saturated rings. The van der Waals surface area contributed by atoms with Gasteiger partial charge in [0.2, 0.25) is 0 Å². The molecule has 0 unspecified atom stereocenters. The minimum Gasteiger partial charge on any atom is -1.00 e. The third-order valence-electron chi connectivity index (χ3n) is 1.04. The van der Waals surface area contributed by atoms with E-state index in [4.69, 9.17) is 16.7 Å². The van der Waals surface area contributed by atoms with Crippen LogP contribution in [0.2, 0.25) is 0 Å². The van der Waals surface area contributed by atoms with Crippen molar-refractivity contribution in [2.45, 2.75) is 12.0 Å². The molecule has 2 nitrogen and oxygen atoms in total. The zero-order valence-corrected chi connectivity index (χ0v) is 8.15. The maximum atomic E-state index is 8.67. The molecule has 4 heteroatoms. The lowest BCUT2D eigenvalue weighted by Gasteiger charge is -2.23. The molecule has 64 valence electrons. The standard InChI is InChI=1S/C6H15ClNO.ClH/c1-8(2,3)5-4-6(7)9;/h6,9H,4-5H2,1-3H3;1H/q+1;/p-1/t6-;/m1./s1. The number of aliphatic hydroxyl groups is 1. The Balaban J connectivity index is 0. The molecule has 0 spiro atoms. The smallest absolute Gasteiger partial charge is 0.133 e. The summed E-state index contributed by atoms with van der Waals surface area (Å²) in [5, 5.41) is 8.67. The van der Waals surface area contributed by atoms with Crippen molar-refractivity contribution in [2.75, 3.05) is 27.7 Å². The van der Waals surface area contributed by atoms with Gasteiger partial charge in [-0.25, -0.2) is 0 Å². The predicted octanol–water partition coefficient (Wildman–Crippen LogP) is -2.36. The van der Waals surface area contributed by atoms with Crippen molar-refractivity contribution in [3.8, 4) is 0 Å². The fourth-order valence-electron chi connectivity index (χ4n) is 0.494. The van der Waals surface area contributed by atoms with Crippen LogP contribution in [0.5, 0.6) is 0 Å². The van der Waals surface area contributed by atoms with Crippen molar-refractivity contribution in [3.05, 3.63) is 0 Å². The summed E-state index contributed by atoms with van der Waals surface area (Å²) >= 11 is 5.33. The van der Waals surface area contributed by atoms with E-state index in [1.165, 1.54) is 0 Å². The minimum absolute atomic E-state index is 0. The van der Waals surface area contributed by atoms with Gasteiger partial charge in [0.15, 0.2) is 0 Å². The molecule has 0 saturated carbocycles. The number of nitrogens with zero attached hydrogens (tertiary/aromatic N) is 1. The van der Waals surface area contributed by atoms with Gasteiger partial charge in [-0.15, -0.1) is 0 Å². The SMILES string of the molecule is C[N+](C)(C)CC[C@@H](O)Cl.[Cl-]. The third-order valence-corrected chi connectivity index (χ3v) is 1.26. The first kappa shape index (κ1) is 13.1. The van der Waals surface area contributed by atoms with Gasteiger partial charge in [0.05, 0.1) is 27.7 Å². The fraction of sp³-hybridized carbons (Fsp3) is 1.00. The molecule has 0 aromatic carbocycles. The van der Waals surface area contributed by atoms with E-state index in [9.17, 15) is 0 Å². The number of hydrogen-bond acceptors (Lipinski definition) is 1. The lowest BCUT2D eigenvalue weighted by molar-refractivity contribution is -0.870. The van der Waals surface area contributed by atoms with Crippen LogP contribution in [-0.4, -0.2) is 42.8 Å². The summed E-state index contributed by atoms with van der Waals surface area (Å²) in [6.07, 6.45) is 0.658. The van der Waals surface area contributed by atoms with E-state index in [1.807, 2.05) is 0 Å². The first-order valence-corrected chi connectivity index (χ1v) is 3.48. The van der Waals surface area contributed by atoms with Crippen LogP contribution in [0.1, 0.15) is 6.42 Å². The van der Waals surface area contributed by atoms with Gasteiger partial charge in [-0.05, 0) is 0 Å². The molecule has 0 aromatic heterocycles. The number of quaternary nitrogens is 1. The molecule has 0 aromatic rings. The molecule has 0 saturated heterocycles. The largest absolute Gasteiger partial charge is 1.00 e. The Kier molecular flexibility index (Phi) is 6.81. The summed E-state index contributed by atoms with van der Waals surface area (Å²) in [7, 11) is 6.21. The van der Waals surface area contributed by atoms with E-state index < -0.39 is 5.56 Å². The molecule has 10 heavy (non-hydrogen) atoms. The van der Waals surface area contributed by atoms with Gasteiger partial charge in [-0.3, -0.25) is 0 Å². The van der Waals surface area contributed by atoms with E-state index >= 15 is 0 Å². The van der Waals surface area contributed by atoms with Gasteiger partial charge in [0, 0.05) is 6.42 Å². The van der Waals surface area contributed by atoms with Crippen LogP contribution >= 0.6 is 11.6 Å². The van der Waals surface area contributed by atoms with Crippen molar-refractivity contribution >= 4 is 11.6 Å². The second-order valence-corrected chi connectivity index (χ2v) is 3.74. The number of rotatable bonds is 3. The summed E-state index contributed by atoms with van der Waals surface area (Å²) in [4.78, 5) is 0. The van der Waals surface area contributed by atoms with E-state index in [0.29, 0.717) is 6.42 Å². The predicted molar refractivity (Wildman–Crippen MR) is 39.4 cm³/mol. The lowest BCUT2D eigenvalue weighted by Crippen LogP contribution is -3.00.